The molecule has 7 heteroatoms. The molecule has 0 atom stereocenters. The summed E-state index contributed by atoms with van der Waals surface area (Å²) in [5.74, 6) is -1.26. The Hall–Kier alpha value is -1.91. The van der Waals surface area contributed by atoms with E-state index in [0.29, 0.717) is 0 Å². The first-order chi connectivity index (χ1) is 10.1. The molecule has 120 valence electrons. The van der Waals surface area contributed by atoms with Gasteiger partial charge < -0.3 is 5.11 Å². The fourth-order valence-electron chi connectivity index (χ4n) is 1.89. The number of nitriles is 1. The number of carboxylic acid groups (broad SMARTS) is 1. The molecule has 0 saturated heterocycles. The fraction of sp³-hybridized carbons (Fsp3) is 0.467. The molecule has 1 N–H and O–H groups in total. The van der Waals surface area contributed by atoms with Crippen molar-refractivity contribution in [1.82, 2.24) is 4.31 Å². The van der Waals surface area contributed by atoms with Crippen LogP contribution in [0.5, 0.6) is 0 Å². The van der Waals surface area contributed by atoms with E-state index in [2.05, 4.69) is 0 Å². The maximum atomic E-state index is 12.5. The average Bonchev–Trinajstić information content (AvgIpc) is 2.42. The summed E-state index contributed by atoms with van der Waals surface area (Å²) in [6.45, 7) is 5.23. The Bertz CT molecular complexity index is 667. The van der Waals surface area contributed by atoms with Gasteiger partial charge in [0.15, 0.2) is 0 Å². The molecule has 0 bridgehead atoms. The van der Waals surface area contributed by atoms with Gasteiger partial charge in [-0.3, -0.25) is 4.79 Å². The highest BCUT2D eigenvalue weighted by atomic mass is 32.2. The molecule has 1 aromatic rings. The van der Waals surface area contributed by atoms with Crippen molar-refractivity contribution in [3.63, 3.8) is 0 Å². The molecule has 6 nitrogen and oxygen atoms in total. The van der Waals surface area contributed by atoms with Gasteiger partial charge in [0.05, 0.1) is 11.0 Å². The number of nitrogens with zero attached hydrogens (tertiary/aromatic N) is 2. The van der Waals surface area contributed by atoms with Crippen molar-refractivity contribution in [2.45, 2.75) is 37.5 Å². The maximum Gasteiger partial charge on any atom is 0.318 e. The minimum Gasteiger partial charge on any atom is -0.480 e. The van der Waals surface area contributed by atoms with Gasteiger partial charge in [-0.2, -0.15) is 9.57 Å². The Labute approximate surface area is 131 Å². The van der Waals surface area contributed by atoms with Crippen LogP contribution in [-0.4, -0.2) is 36.9 Å². The molecule has 0 aliphatic rings. The minimum absolute atomic E-state index is 0.0275. The number of sulfonamides is 1. The van der Waals surface area contributed by atoms with Crippen LogP contribution < -0.4 is 0 Å². The summed E-state index contributed by atoms with van der Waals surface area (Å²) in [7, 11) is -3.93. The van der Waals surface area contributed by atoms with Gasteiger partial charge in [0.25, 0.3) is 0 Å². The van der Waals surface area contributed by atoms with Crippen molar-refractivity contribution in [1.29, 1.82) is 5.26 Å². The van der Waals surface area contributed by atoms with Gasteiger partial charge in [0.2, 0.25) is 10.0 Å². The highest BCUT2D eigenvalue weighted by molar-refractivity contribution is 7.89. The van der Waals surface area contributed by atoms with E-state index < -0.39 is 22.5 Å². The lowest BCUT2D eigenvalue weighted by atomic mass is 9.87. The van der Waals surface area contributed by atoms with Crippen molar-refractivity contribution in [3.05, 3.63) is 29.8 Å². The molecule has 0 saturated carbocycles. The molecule has 0 radical (unpaired) electrons. The van der Waals surface area contributed by atoms with Gasteiger partial charge in [-0.05, 0) is 23.1 Å². The van der Waals surface area contributed by atoms with Gasteiger partial charge in [-0.25, -0.2) is 8.42 Å². The maximum absolute atomic E-state index is 12.5. The van der Waals surface area contributed by atoms with E-state index in [1.807, 2.05) is 26.8 Å². The lowest BCUT2D eigenvalue weighted by Gasteiger charge is -2.21. The smallest absolute Gasteiger partial charge is 0.318 e. The van der Waals surface area contributed by atoms with E-state index in [0.717, 1.165) is 9.87 Å². The van der Waals surface area contributed by atoms with E-state index >= 15 is 0 Å². The lowest BCUT2D eigenvalue weighted by Crippen LogP contribution is -2.36. The first kappa shape index (κ1) is 18.1. The Morgan fingerprint density at radius 3 is 2.23 bits per heavy atom. The minimum atomic E-state index is -3.93. The molecule has 0 amide bonds. The van der Waals surface area contributed by atoms with Crippen molar-refractivity contribution < 1.29 is 18.3 Å². The van der Waals surface area contributed by atoms with Crippen LogP contribution in [0.25, 0.3) is 0 Å². The number of rotatable bonds is 6. The van der Waals surface area contributed by atoms with Crippen LogP contribution in [0.1, 0.15) is 32.8 Å². The first-order valence-electron chi connectivity index (χ1n) is 6.78. The normalized spacial score (nSPS) is 12.1. The van der Waals surface area contributed by atoms with Crippen molar-refractivity contribution in [2.24, 2.45) is 0 Å². The predicted molar refractivity (Wildman–Crippen MR) is 81.8 cm³/mol. The second-order valence-electron chi connectivity index (χ2n) is 5.91. The second-order valence-corrected chi connectivity index (χ2v) is 7.85. The molecule has 0 unspecified atom stereocenters. The third-order valence-electron chi connectivity index (χ3n) is 3.14. The molecule has 1 rings (SSSR count). The van der Waals surface area contributed by atoms with Gasteiger partial charge in [0.1, 0.15) is 6.54 Å². The van der Waals surface area contributed by atoms with Crippen molar-refractivity contribution in [3.8, 4) is 6.07 Å². The highest BCUT2D eigenvalue weighted by Gasteiger charge is 2.26. The van der Waals surface area contributed by atoms with Crippen LogP contribution in [-0.2, 0) is 20.2 Å². The molecule has 0 aromatic heterocycles. The van der Waals surface area contributed by atoms with E-state index in [4.69, 9.17) is 10.4 Å². The zero-order chi connectivity index (χ0) is 17.0. The van der Waals surface area contributed by atoms with Crippen LogP contribution in [0, 0.1) is 11.3 Å². The quantitative estimate of drug-likeness (QED) is 0.862. The third kappa shape index (κ3) is 4.55. The Balaban J connectivity index is 3.14. The average molecular weight is 324 g/mol. The number of hydrogen-bond acceptors (Lipinski definition) is 4. The Morgan fingerprint density at radius 2 is 1.82 bits per heavy atom. The zero-order valence-corrected chi connectivity index (χ0v) is 13.7. The van der Waals surface area contributed by atoms with Crippen molar-refractivity contribution >= 4 is 16.0 Å². The van der Waals surface area contributed by atoms with Crippen LogP contribution in [0.15, 0.2) is 29.2 Å². The standard InChI is InChI=1S/C15H20N2O4S/c1-15(2,3)12-5-7-13(8-6-12)22(20,21)17(10-4-9-16)11-14(18)19/h5-8H,4,10-11H2,1-3H3,(H,18,19). The molecule has 0 aliphatic carbocycles. The summed E-state index contributed by atoms with van der Waals surface area (Å²) >= 11 is 0. The SMILES string of the molecule is CC(C)(C)c1ccc(S(=O)(=O)N(CCC#N)CC(=O)O)cc1. The Morgan fingerprint density at radius 1 is 1.27 bits per heavy atom. The summed E-state index contributed by atoms with van der Waals surface area (Å²) < 4.78 is 25.8. The van der Waals surface area contributed by atoms with E-state index in [1.54, 1.807) is 12.1 Å². The van der Waals surface area contributed by atoms with Gasteiger partial charge in [-0.15, -0.1) is 0 Å². The monoisotopic (exact) mass is 324 g/mol. The number of benzene rings is 1. The molecule has 0 fully saturated rings. The summed E-state index contributed by atoms with van der Waals surface area (Å²) in [6, 6.07) is 8.20. The molecule has 0 aliphatic heterocycles. The lowest BCUT2D eigenvalue weighted by molar-refractivity contribution is -0.137. The fourth-order valence-corrected chi connectivity index (χ4v) is 3.28. The van der Waals surface area contributed by atoms with E-state index in [1.165, 1.54) is 12.1 Å². The second kappa shape index (κ2) is 6.90. The topological polar surface area (TPSA) is 98.5 Å². The number of hydrogen-bond donors (Lipinski definition) is 1. The molecule has 0 spiro atoms. The first-order valence-corrected chi connectivity index (χ1v) is 8.22. The van der Waals surface area contributed by atoms with Gasteiger partial charge >= 0.3 is 5.97 Å². The third-order valence-corrected chi connectivity index (χ3v) is 5.00. The van der Waals surface area contributed by atoms with Gasteiger partial charge in [-0.1, -0.05) is 32.9 Å². The molecule has 22 heavy (non-hydrogen) atoms. The number of carboxylic acids is 1. The van der Waals surface area contributed by atoms with E-state index in [-0.39, 0.29) is 23.3 Å². The summed E-state index contributed by atoms with van der Waals surface area (Å²) in [6.07, 6.45) is -0.0629. The van der Waals surface area contributed by atoms with Gasteiger partial charge in [0, 0.05) is 13.0 Å². The molecule has 0 heterocycles. The predicted octanol–water partition coefficient (Wildman–Crippen LogP) is 1.97. The van der Waals surface area contributed by atoms with Crippen molar-refractivity contribution in [2.75, 3.05) is 13.1 Å². The summed E-state index contributed by atoms with van der Waals surface area (Å²) in [5, 5.41) is 17.4. The van der Waals surface area contributed by atoms with Crippen LogP contribution >= 0.6 is 0 Å². The molecule has 1 aromatic carbocycles. The summed E-state index contributed by atoms with van der Waals surface area (Å²) in [5.41, 5.74) is 0.873. The highest BCUT2D eigenvalue weighted by Crippen LogP contribution is 2.24. The Kier molecular flexibility index (Phi) is 5.69. The van der Waals surface area contributed by atoms with Crippen LogP contribution in [0.3, 0.4) is 0 Å². The van der Waals surface area contributed by atoms with Crippen LogP contribution in [0.2, 0.25) is 0 Å². The largest absolute Gasteiger partial charge is 0.480 e. The number of carbonyl (C=O) groups is 1. The van der Waals surface area contributed by atoms with Crippen LogP contribution in [0.4, 0.5) is 0 Å². The zero-order valence-electron chi connectivity index (χ0n) is 12.9. The molecular weight excluding hydrogens is 304 g/mol. The molecular formula is C15H20N2O4S. The summed E-state index contributed by atoms with van der Waals surface area (Å²) in [4.78, 5) is 10.9. The van der Waals surface area contributed by atoms with E-state index in [9.17, 15) is 13.2 Å². The number of aliphatic carboxylic acids is 1.